The van der Waals surface area contributed by atoms with Crippen molar-refractivity contribution in [2.45, 2.75) is 17.9 Å². The van der Waals surface area contributed by atoms with E-state index in [2.05, 4.69) is 4.72 Å². The van der Waals surface area contributed by atoms with Crippen molar-refractivity contribution in [2.24, 2.45) is 0 Å². The molecule has 0 spiro atoms. The van der Waals surface area contributed by atoms with Gasteiger partial charge in [-0.2, -0.15) is 0 Å². The minimum Gasteiger partial charge on any atom is -0.496 e. The summed E-state index contributed by atoms with van der Waals surface area (Å²) in [5, 5.41) is 0. The predicted molar refractivity (Wildman–Crippen MR) is 96.9 cm³/mol. The fourth-order valence-corrected chi connectivity index (χ4v) is 3.91. The quantitative estimate of drug-likeness (QED) is 0.814. The molecule has 27 heavy (non-hydrogen) atoms. The maximum atomic E-state index is 13.0. The lowest BCUT2D eigenvalue weighted by Gasteiger charge is -2.13. The van der Waals surface area contributed by atoms with E-state index in [0.717, 1.165) is 0 Å². The van der Waals surface area contributed by atoms with Crippen LogP contribution in [0.1, 0.15) is 5.56 Å². The SMILES string of the molecule is COc1ccc(S(=O)(=O)NC[C@H]2CN(c3ccc(F)cc3)C(=O)O2)cc1C. The van der Waals surface area contributed by atoms with Crippen molar-refractivity contribution >= 4 is 21.8 Å². The fraction of sp³-hybridized carbons (Fsp3) is 0.278. The first-order valence-electron chi connectivity index (χ1n) is 8.18. The number of ether oxygens (including phenoxy) is 2. The standard InChI is InChI=1S/C18H19FN2O5S/c1-12-9-16(7-8-17(12)25-2)27(23,24)20-10-15-11-21(18(22)26-15)14-5-3-13(19)4-6-14/h3-9,15,20H,10-11H2,1-2H3/t15-/m0/s1. The van der Waals surface area contributed by atoms with Gasteiger partial charge in [-0.05, 0) is 55.0 Å². The second-order valence-corrected chi connectivity index (χ2v) is 7.84. The predicted octanol–water partition coefficient (Wildman–Crippen LogP) is 2.45. The van der Waals surface area contributed by atoms with Crippen molar-refractivity contribution in [1.82, 2.24) is 4.72 Å². The van der Waals surface area contributed by atoms with Gasteiger partial charge in [0, 0.05) is 12.2 Å². The second kappa shape index (κ2) is 7.53. The van der Waals surface area contributed by atoms with Crippen LogP contribution >= 0.6 is 0 Å². The Morgan fingerprint density at radius 3 is 2.59 bits per heavy atom. The van der Waals surface area contributed by atoms with Gasteiger partial charge in [0.2, 0.25) is 10.0 Å². The lowest BCUT2D eigenvalue weighted by molar-refractivity contribution is 0.143. The number of carbonyl (C=O) groups is 1. The average Bonchev–Trinajstić information content (AvgIpc) is 3.01. The topological polar surface area (TPSA) is 84.9 Å². The molecule has 144 valence electrons. The van der Waals surface area contributed by atoms with Gasteiger partial charge in [-0.15, -0.1) is 0 Å². The molecule has 0 aromatic heterocycles. The van der Waals surface area contributed by atoms with E-state index in [1.807, 2.05) is 0 Å². The van der Waals surface area contributed by atoms with Gasteiger partial charge in [0.1, 0.15) is 17.7 Å². The van der Waals surface area contributed by atoms with Crippen molar-refractivity contribution in [2.75, 3.05) is 25.1 Å². The highest BCUT2D eigenvalue weighted by Crippen LogP contribution is 2.23. The summed E-state index contributed by atoms with van der Waals surface area (Å²) < 4.78 is 50.7. The molecule has 1 fully saturated rings. The number of cyclic esters (lactones) is 1. The third-order valence-electron chi connectivity index (χ3n) is 4.19. The zero-order valence-corrected chi connectivity index (χ0v) is 15.6. The first-order valence-corrected chi connectivity index (χ1v) is 9.66. The highest BCUT2D eigenvalue weighted by Gasteiger charge is 2.33. The van der Waals surface area contributed by atoms with E-state index in [0.29, 0.717) is 17.0 Å². The molecule has 1 amide bonds. The van der Waals surface area contributed by atoms with Gasteiger partial charge in [0.25, 0.3) is 0 Å². The zero-order valence-electron chi connectivity index (χ0n) is 14.8. The number of aryl methyl sites for hydroxylation is 1. The van der Waals surface area contributed by atoms with Crippen LogP contribution in [0.2, 0.25) is 0 Å². The Morgan fingerprint density at radius 1 is 1.26 bits per heavy atom. The summed E-state index contributed by atoms with van der Waals surface area (Å²) in [7, 11) is -2.26. The van der Waals surface area contributed by atoms with E-state index >= 15 is 0 Å². The Hall–Kier alpha value is -2.65. The number of amides is 1. The van der Waals surface area contributed by atoms with Crippen LogP contribution in [-0.2, 0) is 14.8 Å². The molecule has 1 N–H and O–H groups in total. The van der Waals surface area contributed by atoms with E-state index < -0.39 is 28.0 Å². The van der Waals surface area contributed by atoms with Crippen LogP contribution in [0, 0.1) is 12.7 Å². The molecule has 0 bridgehead atoms. The summed E-state index contributed by atoms with van der Waals surface area (Å²) in [4.78, 5) is 13.4. The number of hydrogen-bond acceptors (Lipinski definition) is 5. The van der Waals surface area contributed by atoms with Crippen LogP contribution in [-0.4, -0.2) is 40.8 Å². The van der Waals surface area contributed by atoms with Crippen molar-refractivity contribution in [3.63, 3.8) is 0 Å². The molecular formula is C18H19FN2O5S. The minimum atomic E-state index is -3.77. The molecule has 1 saturated heterocycles. The molecule has 0 unspecified atom stereocenters. The molecule has 2 aromatic carbocycles. The van der Waals surface area contributed by atoms with Crippen molar-refractivity contribution in [3.05, 3.63) is 53.8 Å². The third kappa shape index (κ3) is 4.20. The Kier molecular flexibility index (Phi) is 5.33. The van der Waals surface area contributed by atoms with Crippen LogP contribution in [0.15, 0.2) is 47.4 Å². The number of nitrogens with one attached hydrogen (secondary N) is 1. The number of sulfonamides is 1. The number of benzene rings is 2. The third-order valence-corrected chi connectivity index (χ3v) is 5.61. The van der Waals surface area contributed by atoms with Gasteiger partial charge < -0.3 is 9.47 Å². The summed E-state index contributed by atoms with van der Waals surface area (Å²) in [6, 6.07) is 9.93. The largest absolute Gasteiger partial charge is 0.496 e. The number of nitrogens with zero attached hydrogens (tertiary/aromatic N) is 1. The summed E-state index contributed by atoms with van der Waals surface area (Å²) in [5.41, 5.74) is 1.17. The monoisotopic (exact) mass is 394 g/mol. The maximum Gasteiger partial charge on any atom is 0.414 e. The van der Waals surface area contributed by atoms with Gasteiger partial charge in [-0.1, -0.05) is 0 Å². The molecule has 1 aliphatic rings. The number of carbonyl (C=O) groups excluding carboxylic acids is 1. The molecule has 9 heteroatoms. The van der Waals surface area contributed by atoms with Crippen LogP contribution in [0.3, 0.4) is 0 Å². The number of hydrogen-bond donors (Lipinski definition) is 1. The molecule has 1 aliphatic heterocycles. The molecule has 1 atom stereocenters. The number of anilines is 1. The molecule has 3 rings (SSSR count). The summed E-state index contributed by atoms with van der Waals surface area (Å²) in [6.45, 7) is 1.84. The Morgan fingerprint density at radius 2 is 1.96 bits per heavy atom. The van der Waals surface area contributed by atoms with E-state index in [1.165, 1.54) is 48.4 Å². The smallest absolute Gasteiger partial charge is 0.414 e. The molecule has 2 aromatic rings. The molecule has 0 saturated carbocycles. The minimum absolute atomic E-state index is 0.0726. The van der Waals surface area contributed by atoms with E-state index in [4.69, 9.17) is 9.47 Å². The van der Waals surface area contributed by atoms with E-state index in [1.54, 1.807) is 13.0 Å². The van der Waals surface area contributed by atoms with Crippen LogP contribution in [0.25, 0.3) is 0 Å². The number of halogens is 1. The highest BCUT2D eigenvalue weighted by atomic mass is 32.2. The van der Waals surface area contributed by atoms with Crippen LogP contribution in [0.5, 0.6) is 5.75 Å². The molecular weight excluding hydrogens is 375 g/mol. The lowest BCUT2D eigenvalue weighted by Crippen LogP contribution is -2.34. The lowest BCUT2D eigenvalue weighted by atomic mass is 10.2. The first kappa shape index (κ1) is 19.1. The first-order chi connectivity index (χ1) is 12.8. The van der Waals surface area contributed by atoms with Gasteiger partial charge >= 0.3 is 6.09 Å². The Balaban J connectivity index is 1.65. The summed E-state index contributed by atoms with van der Waals surface area (Å²) in [6.07, 6.45) is -1.26. The van der Waals surface area contributed by atoms with Crippen LogP contribution < -0.4 is 14.4 Å². The van der Waals surface area contributed by atoms with E-state index in [9.17, 15) is 17.6 Å². The van der Waals surface area contributed by atoms with Gasteiger partial charge in [-0.25, -0.2) is 22.3 Å². The molecule has 7 nitrogen and oxygen atoms in total. The molecule has 0 aliphatic carbocycles. The van der Waals surface area contributed by atoms with Crippen molar-refractivity contribution in [3.8, 4) is 5.75 Å². The Bertz CT molecular complexity index is 947. The highest BCUT2D eigenvalue weighted by molar-refractivity contribution is 7.89. The number of rotatable bonds is 6. The zero-order chi connectivity index (χ0) is 19.6. The average molecular weight is 394 g/mol. The Labute approximate surface area is 156 Å². The van der Waals surface area contributed by atoms with Crippen LogP contribution in [0.4, 0.5) is 14.9 Å². The fourth-order valence-electron chi connectivity index (χ4n) is 2.76. The maximum absolute atomic E-state index is 13.0. The van der Waals surface area contributed by atoms with Gasteiger partial charge in [0.05, 0.1) is 18.6 Å². The summed E-state index contributed by atoms with van der Waals surface area (Å²) >= 11 is 0. The number of methoxy groups -OCH3 is 1. The molecule has 1 heterocycles. The second-order valence-electron chi connectivity index (χ2n) is 6.08. The van der Waals surface area contributed by atoms with Gasteiger partial charge in [-0.3, -0.25) is 4.90 Å². The summed E-state index contributed by atoms with van der Waals surface area (Å²) in [5.74, 6) is 0.180. The molecule has 0 radical (unpaired) electrons. The van der Waals surface area contributed by atoms with Gasteiger partial charge in [0.15, 0.2) is 0 Å². The van der Waals surface area contributed by atoms with Crippen molar-refractivity contribution < 1.29 is 27.1 Å². The normalized spacial score (nSPS) is 17.1. The van der Waals surface area contributed by atoms with E-state index in [-0.39, 0.29) is 18.0 Å². The van der Waals surface area contributed by atoms with Crippen molar-refractivity contribution in [1.29, 1.82) is 0 Å².